The molecule has 1 aliphatic carbocycles. The number of aryl methyl sites for hydroxylation is 2. The van der Waals surface area contributed by atoms with Crippen molar-refractivity contribution in [2.45, 2.75) is 77.0 Å². The van der Waals surface area contributed by atoms with Gasteiger partial charge in [-0.25, -0.2) is 4.98 Å². The fraction of sp³-hybridized carbons (Fsp3) is 0.812. The molecule has 1 N–H and O–H groups in total. The zero-order valence-electron chi connectivity index (χ0n) is 12.7. The first-order valence-electron chi connectivity index (χ1n) is 7.97. The molecule has 0 bridgehead atoms. The lowest BCUT2D eigenvalue weighted by Crippen LogP contribution is -2.47. The molecule has 3 rings (SSSR count). The summed E-state index contributed by atoms with van der Waals surface area (Å²) in [7, 11) is 0. The quantitative estimate of drug-likeness (QED) is 0.922. The number of nitrogens with zero attached hydrogens (tertiary/aromatic N) is 1. The largest absolute Gasteiger partial charge is 0.444 e. The van der Waals surface area contributed by atoms with Crippen LogP contribution in [-0.4, -0.2) is 23.2 Å². The van der Waals surface area contributed by atoms with E-state index in [2.05, 4.69) is 10.3 Å². The Morgan fingerprint density at radius 3 is 2.75 bits per heavy atom. The summed E-state index contributed by atoms with van der Waals surface area (Å²) in [4.78, 5) is 4.44. The van der Waals surface area contributed by atoms with Gasteiger partial charge in [-0.3, -0.25) is 0 Å². The van der Waals surface area contributed by atoms with Crippen molar-refractivity contribution in [3.05, 3.63) is 17.3 Å². The monoisotopic (exact) mass is 278 g/mol. The van der Waals surface area contributed by atoms with E-state index in [0.717, 1.165) is 43.3 Å². The van der Waals surface area contributed by atoms with Crippen LogP contribution in [0.25, 0.3) is 0 Å². The third-order valence-corrected chi connectivity index (χ3v) is 4.87. The number of hydrogen-bond acceptors (Lipinski definition) is 4. The molecule has 1 unspecified atom stereocenters. The van der Waals surface area contributed by atoms with Gasteiger partial charge in [0.15, 0.2) is 0 Å². The highest BCUT2D eigenvalue weighted by atomic mass is 16.5. The van der Waals surface area contributed by atoms with Crippen LogP contribution in [0.3, 0.4) is 0 Å². The predicted octanol–water partition coefficient (Wildman–Crippen LogP) is 3.26. The van der Waals surface area contributed by atoms with Crippen molar-refractivity contribution < 1.29 is 9.15 Å². The second kappa shape index (κ2) is 5.86. The summed E-state index contributed by atoms with van der Waals surface area (Å²) in [6.07, 6.45) is 8.74. The molecule has 0 radical (unpaired) electrons. The standard InChI is InChI=1S/C16H26N2O2/c1-12-13(2)20-15(18-12)11-17-14-6-9-19-16(10-14)7-4-3-5-8-16/h14,17H,3-11H2,1-2H3. The molecule has 4 heteroatoms. The minimum absolute atomic E-state index is 0.163. The molecule has 1 spiro atoms. The molecule has 20 heavy (non-hydrogen) atoms. The normalized spacial score (nSPS) is 26.0. The Morgan fingerprint density at radius 2 is 2.05 bits per heavy atom. The summed E-state index contributed by atoms with van der Waals surface area (Å²) in [5.74, 6) is 1.74. The molecule has 1 aliphatic heterocycles. The third kappa shape index (κ3) is 3.07. The maximum atomic E-state index is 6.13. The van der Waals surface area contributed by atoms with Gasteiger partial charge in [-0.2, -0.15) is 0 Å². The zero-order chi connectivity index (χ0) is 14.0. The molecular formula is C16H26N2O2. The number of nitrogens with one attached hydrogen (secondary N) is 1. The molecular weight excluding hydrogens is 252 g/mol. The van der Waals surface area contributed by atoms with Crippen molar-refractivity contribution in [1.29, 1.82) is 0 Å². The lowest BCUT2D eigenvalue weighted by Gasteiger charge is -2.43. The van der Waals surface area contributed by atoms with Gasteiger partial charge in [0.1, 0.15) is 5.76 Å². The highest BCUT2D eigenvalue weighted by Crippen LogP contribution is 2.38. The zero-order valence-corrected chi connectivity index (χ0v) is 12.7. The molecule has 112 valence electrons. The predicted molar refractivity (Wildman–Crippen MR) is 77.6 cm³/mol. The molecule has 1 aromatic rings. The Bertz CT molecular complexity index is 424. The number of rotatable bonds is 3. The van der Waals surface area contributed by atoms with Crippen molar-refractivity contribution >= 4 is 0 Å². The first-order valence-corrected chi connectivity index (χ1v) is 7.97. The maximum Gasteiger partial charge on any atom is 0.208 e. The van der Waals surface area contributed by atoms with Crippen LogP contribution in [0.2, 0.25) is 0 Å². The van der Waals surface area contributed by atoms with Crippen molar-refractivity contribution in [2.75, 3.05) is 6.61 Å². The SMILES string of the molecule is Cc1nc(CNC2CCOC3(CCCCC3)C2)oc1C. The summed E-state index contributed by atoms with van der Waals surface area (Å²) in [6, 6.07) is 0.536. The van der Waals surface area contributed by atoms with Crippen molar-refractivity contribution in [1.82, 2.24) is 10.3 Å². The van der Waals surface area contributed by atoms with Gasteiger partial charge in [0, 0.05) is 12.6 Å². The van der Waals surface area contributed by atoms with E-state index in [1.165, 1.54) is 32.1 Å². The summed E-state index contributed by atoms with van der Waals surface area (Å²) >= 11 is 0. The Morgan fingerprint density at radius 1 is 1.25 bits per heavy atom. The lowest BCUT2D eigenvalue weighted by molar-refractivity contribution is -0.109. The van der Waals surface area contributed by atoms with Gasteiger partial charge in [0.2, 0.25) is 5.89 Å². The van der Waals surface area contributed by atoms with Gasteiger partial charge >= 0.3 is 0 Å². The maximum absolute atomic E-state index is 6.13. The average molecular weight is 278 g/mol. The molecule has 2 fully saturated rings. The van der Waals surface area contributed by atoms with Gasteiger partial charge < -0.3 is 14.5 Å². The Balaban J connectivity index is 1.54. The molecule has 1 atom stereocenters. The Labute approximate surface area is 121 Å². The van der Waals surface area contributed by atoms with Crippen LogP contribution >= 0.6 is 0 Å². The van der Waals surface area contributed by atoms with Gasteiger partial charge in [0.05, 0.1) is 17.8 Å². The Kier molecular flexibility index (Phi) is 4.13. The van der Waals surface area contributed by atoms with Gasteiger partial charge in [0.25, 0.3) is 0 Å². The fourth-order valence-electron chi connectivity index (χ4n) is 3.59. The van der Waals surface area contributed by atoms with Gasteiger partial charge in [-0.15, -0.1) is 0 Å². The minimum atomic E-state index is 0.163. The van der Waals surface area contributed by atoms with Crippen LogP contribution in [0.5, 0.6) is 0 Å². The number of aromatic nitrogens is 1. The summed E-state index contributed by atoms with van der Waals surface area (Å²) < 4.78 is 11.8. The van der Waals surface area contributed by atoms with E-state index in [0.29, 0.717) is 6.04 Å². The average Bonchev–Trinajstić information content (AvgIpc) is 2.77. The minimum Gasteiger partial charge on any atom is -0.444 e. The number of oxazole rings is 1. The van der Waals surface area contributed by atoms with Crippen LogP contribution in [0.15, 0.2) is 4.42 Å². The highest BCUT2D eigenvalue weighted by Gasteiger charge is 2.38. The van der Waals surface area contributed by atoms with Crippen molar-refractivity contribution in [2.24, 2.45) is 0 Å². The van der Waals surface area contributed by atoms with E-state index < -0.39 is 0 Å². The van der Waals surface area contributed by atoms with Crippen molar-refractivity contribution in [3.63, 3.8) is 0 Å². The van der Waals surface area contributed by atoms with E-state index >= 15 is 0 Å². The summed E-state index contributed by atoms with van der Waals surface area (Å²) in [6.45, 7) is 5.59. The van der Waals surface area contributed by atoms with Crippen LogP contribution in [0.1, 0.15) is 62.3 Å². The molecule has 1 aromatic heterocycles. The lowest BCUT2D eigenvalue weighted by atomic mass is 9.78. The number of ether oxygens (including phenoxy) is 1. The van der Waals surface area contributed by atoms with Crippen LogP contribution in [0.4, 0.5) is 0 Å². The fourth-order valence-corrected chi connectivity index (χ4v) is 3.59. The van der Waals surface area contributed by atoms with Crippen LogP contribution < -0.4 is 5.32 Å². The van der Waals surface area contributed by atoms with Gasteiger partial charge in [-0.1, -0.05) is 19.3 Å². The first-order chi connectivity index (χ1) is 9.67. The molecule has 2 aliphatic rings. The van der Waals surface area contributed by atoms with Crippen molar-refractivity contribution in [3.8, 4) is 0 Å². The molecule has 2 heterocycles. The first kappa shape index (κ1) is 14.1. The van der Waals surface area contributed by atoms with Crippen LogP contribution in [-0.2, 0) is 11.3 Å². The van der Waals surface area contributed by atoms with E-state index in [1.54, 1.807) is 0 Å². The second-order valence-electron chi connectivity index (χ2n) is 6.41. The van der Waals surface area contributed by atoms with Gasteiger partial charge in [-0.05, 0) is 39.5 Å². The van der Waals surface area contributed by atoms with E-state index in [4.69, 9.17) is 9.15 Å². The molecule has 1 saturated heterocycles. The third-order valence-electron chi connectivity index (χ3n) is 4.87. The second-order valence-corrected chi connectivity index (χ2v) is 6.41. The summed E-state index contributed by atoms with van der Waals surface area (Å²) in [5.41, 5.74) is 1.16. The number of hydrogen-bond donors (Lipinski definition) is 1. The van der Waals surface area contributed by atoms with E-state index in [-0.39, 0.29) is 5.60 Å². The highest BCUT2D eigenvalue weighted by molar-refractivity contribution is 5.05. The molecule has 1 saturated carbocycles. The van der Waals surface area contributed by atoms with E-state index in [1.807, 2.05) is 13.8 Å². The molecule has 4 nitrogen and oxygen atoms in total. The Hall–Kier alpha value is -0.870. The molecule has 0 amide bonds. The molecule has 0 aromatic carbocycles. The van der Waals surface area contributed by atoms with E-state index in [9.17, 15) is 0 Å². The van der Waals surface area contributed by atoms with Crippen LogP contribution in [0, 0.1) is 13.8 Å². The summed E-state index contributed by atoms with van der Waals surface area (Å²) in [5, 5.41) is 3.61. The topological polar surface area (TPSA) is 47.3 Å². The smallest absolute Gasteiger partial charge is 0.208 e.